The van der Waals surface area contributed by atoms with Gasteiger partial charge in [0.25, 0.3) is 5.91 Å². The Hall–Kier alpha value is -3.65. The first-order valence-corrected chi connectivity index (χ1v) is 10.8. The van der Waals surface area contributed by atoms with E-state index in [4.69, 9.17) is 4.74 Å². The van der Waals surface area contributed by atoms with Crippen LogP contribution in [0.1, 0.15) is 16.8 Å². The molecule has 162 valence electrons. The minimum Gasteiger partial charge on any atom is -0.452 e. The van der Waals surface area contributed by atoms with Crippen molar-refractivity contribution >= 4 is 51.9 Å². The Morgan fingerprint density at radius 2 is 1.75 bits per heavy atom. The lowest BCUT2D eigenvalue weighted by Crippen LogP contribution is -2.26. The van der Waals surface area contributed by atoms with Gasteiger partial charge in [-0.25, -0.2) is 4.79 Å². The average Bonchev–Trinajstić information content (AvgIpc) is 3.04. The summed E-state index contributed by atoms with van der Waals surface area (Å²) in [4.78, 5) is 50.6. The first kappa shape index (κ1) is 21.6. The molecule has 0 saturated carbocycles. The topological polar surface area (TPSA) is 92.8 Å². The number of carbonyl (C=O) groups excluding carboxylic acids is 4. The molecule has 0 radical (unpaired) electrons. The number of benzene rings is 3. The predicted octanol–water partition coefficient (Wildman–Crippen LogP) is 3.48. The highest BCUT2D eigenvalue weighted by Gasteiger charge is 2.37. The molecule has 4 rings (SSSR count). The van der Waals surface area contributed by atoms with Crippen LogP contribution in [-0.4, -0.2) is 47.5 Å². The Morgan fingerprint density at radius 1 is 1.03 bits per heavy atom. The standard InChI is InChI=1S/C24H20N2O5S/c1-26-22(28)13-20(23(26)29)32-19-12-5-4-10-17(19)24(30)31-14-21(27)25-18-11-6-8-15-7-2-3-9-16(15)18/h2-12,20H,13-14H2,1H3,(H,25,27). The Kier molecular flexibility index (Phi) is 6.23. The van der Waals surface area contributed by atoms with Gasteiger partial charge in [-0.05, 0) is 23.6 Å². The number of nitrogens with one attached hydrogen (secondary N) is 1. The minimum atomic E-state index is -0.675. The van der Waals surface area contributed by atoms with Crippen LogP contribution < -0.4 is 5.32 Å². The molecule has 1 atom stereocenters. The monoisotopic (exact) mass is 448 g/mol. The molecule has 1 heterocycles. The van der Waals surface area contributed by atoms with Gasteiger partial charge in [-0.1, -0.05) is 48.5 Å². The van der Waals surface area contributed by atoms with E-state index in [2.05, 4.69) is 5.32 Å². The number of carbonyl (C=O) groups is 4. The second-order valence-corrected chi connectivity index (χ2v) is 8.49. The molecule has 32 heavy (non-hydrogen) atoms. The number of rotatable bonds is 6. The number of anilines is 1. The number of ether oxygens (including phenoxy) is 1. The molecule has 1 N–H and O–H groups in total. The molecule has 1 unspecified atom stereocenters. The maximum absolute atomic E-state index is 12.6. The van der Waals surface area contributed by atoms with Gasteiger partial charge in [0, 0.05) is 29.4 Å². The molecule has 3 aromatic carbocycles. The van der Waals surface area contributed by atoms with E-state index in [-0.39, 0.29) is 23.8 Å². The number of amides is 3. The van der Waals surface area contributed by atoms with E-state index in [1.165, 1.54) is 7.05 Å². The summed E-state index contributed by atoms with van der Waals surface area (Å²) in [6.07, 6.45) is 0.0802. The van der Waals surface area contributed by atoms with Crippen LogP contribution in [0.5, 0.6) is 0 Å². The molecule has 1 fully saturated rings. The maximum atomic E-state index is 12.6. The van der Waals surface area contributed by atoms with Crippen LogP contribution in [0.15, 0.2) is 71.6 Å². The van der Waals surface area contributed by atoms with Crippen LogP contribution in [0, 0.1) is 0 Å². The second kappa shape index (κ2) is 9.23. The molecule has 1 saturated heterocycles. The lowest BCUT2D eigenvalue weighted by molar-refractivity contribution is -0.136. The number of nitrogens with zero attached hydrogens (tertiary/aromatic N) is 1. The molecular formula is C24H20N2O5S. The van der Waals surface area contributed by atoms with Gasteiger partial charge >= 0.3 is 5.97 Å². The van der Waals surface area contributed by atoms with Gasteiger partial charge in [0.1, 0.15) is 0 Å². The summed E-state index contributed by atoms with van der Waals surface area (Å²) in [6, 6.07) is 19.9. The van der Waals surface area contributed by atoms with E-state index in [1.54, 1.807) is 30.3 Å². The van der Waals surface area contributed by atoms with Crippen molar-refractivity contribution in [2.45, 2.75) is 16.6 Å². The van der Waals surface area contributed by atoms with Crippen molar-refractivity contribution in [2.75, 3.05) is 19.0 Å². The highest BCUT2D eigenvalue weighted by molar-refractivity contribution is 8.00. The highest BCUT2D eigenvalue weighted by atomic mass is 32.2. The summed E-state index contributed by atoms with van der Waals surface area (Å²) >= 11 is 1.15. The third-order valence-electron chi connectivity index (χ3n) is 5.11. The van der Waals surface area contributed by atoms with Crippen LogP contribution in [-0.2, 0) is 19.1 Å². The third kappa shape index (κ3) is 4.50. The van der Waals surface area contributed by atoms with Crippen molar-refractivity contribution in [1.82, 2.24) is 4.90 Å². The second-order valence-electron chi connectivity index (χ2n) is 7.25. The molecule has 7 nitrogen and oxygen atoms in total. The number of likely N-dealkylation sites (tertiary alicyclic amines) is 1. The molecule has 0 aliphatic carbocycles. The zero-order valence-electron chi connectivity index (χ0n) is 17.2. The lowest BCUT2D eigenvalue weighted by atomic mass is 10.1. The number of imide groups is 1. The van der Waals surface area contributed by atoms with Crippen LogP contribution in [0.4, 0.5) is 5.69 Å². The van der Waals surface area contributed by atoms with Gasteiger partial charge in [0.2, 0.25) is 11.8 Å². The fraction of sp³-hybridized carbons (Fsp3) is 0.167. The van der Waals surface area contributed by atoms with Crippen molar-refractivity contribution in [1.29, 1.82) is 0 Å². The highest BCUT2D eigenvalue weighted by Crippen LogP contribution is 2.33. The smallest absolute Gasteiger partial charge is 0.339 e. The van der Waals surface area contributed by atoms with Gasteiger partial charge in [-0.3, -0.25) is 19.3 Å². The Morgan fingerprint density at radius 3 is 2.53 bits per heavy atom. The number of thioether (sulfide) groups is 1. The van der Waals surface area contributed by atoms with Crippen LogP contribution >= 0.6 is 11.8 Å². The largest absolute Gasteiger partial charge is 0.452 e. The van der Waals surface area contributed by atoms with E-state index < -0.39 is 23.7 Å². The molecule has 0 bridgehead atoms. The van der Waals surface area contributed by atoms with E-state index in [9.17, 15) is 19.2 Å². The van der Waals surface area contributed by atoms with Crippen molar-refractivity contribution < 1.29 is 23.9 Å². The van der Waals surface area contributed by atoms with Crippen molar-refractivity contribution in [2.24, 2.45) is 0 Å². The lowest BCUT2D eigenvalue weighted by Gasteiger charge is -2.13. The predicted molar refractivity (Wildman–Crippen MR) is 121 cm³/mol. The Balaban J connectivity index is 1.41. The minimum absolute atomic E-state index is 0.0802. The van der Waals surface area contributed by atoms with Gasteiger partial charge in [-0.15, -0.1) is 11.8 Å². The maximum Gasteiger partial charge on any atom is 0.339 e. The molecule has 3 amide bonds. The van der Waals surface area contributed by atoms with Gasteiger partial charge in [-0.2, -0.15) is 0 Å². The summed E-state index contributed by atoms with van der Waals surface area (Å²) in [5.41, 5.74) is 0.874. The summed E-state index contributed by atoms with van der Waals surface area (Å²) in [5.74, 6) is -1.68. The first-order chi connectivity index (χ1) is 15.4. The van der Waals surface area contributed by atoms with E-state index in [0.29, 0.717) is 10.6 Å². The Labute approximate surface area is 188 Å². The Bertz CT molecular complexity index is 1220. The zero-order chi connectivity index (χ0) is 22.7. The fourth-order valence-electron chi connectivity index (χ4n) is 3.43. The zero-order valence-corrected chi connectivity index (χ0v) is 18.1. The summed E-state index contributed by atoms with van der Waals surface area (Å²) in [6.45, 7) is -0.454. The summed E-state index contributed by atoms with van der Waals surface area (Å²) in [5, 5.41) is 4.06. The summed E-state index contributed by atoms with van der Waals surface area (Å²) < 4.78 is 5.22. The fourth-order valence-corrected chi connectivity index (χ4v) is 4.66. The van der Waals surface area contributed by atoms with Crippen molar-refractivity contribution in [3.8, 4) is 0 Å². The van der Waals surface area contributed by atoms with E-state index in [1.807, 2.05) is 36.4 Å². The van der Waals surface area contributed by atoms with Crippen LogP contribution in [0.25, 0.3) is 10.8 Å². The molecule has 1 aliphatic rings. The SMILES string of the molecule is CN1C(=O)CC(Sc2ccccc2C(=O)OCC(=O)Nc2cccc3ccccc23)C1=O. The van der Waals surface area contributed by atoms with Crippen molar-refractivity contribution in [3.05, 3.63) is 72.3 Å². The number of hydrogen-bond donors (Lipinski definition) is 1. The number of hydrogen-bond acceptors (Lipinski definition) is 6. The first-order valence-electron chi connectivity index (χ1n) is 9.95. The third-order valence-corrected chi connectivity index (χ3v) is 6.38. The molecule has 0 spiro atoms. The van der Waals surface area contributed by atoms with E-state index >= 15 is 0 Å². The molecule has 0 aromatic heterocycles. The molecule has 3 aromatic rings. The molecule has 8 heteroatoms. The average molecular weight is 449 g/mol. The summed E-state index contributed by atoms with van der Waals surface area (Å²) in [7, 11) is 1.44. The number of esters is 1. The van der Waals surface area contributed by atoms with Crippen LogP contribution in [0.2, 0.25) is 0 Å². The van der Waals surface area contributed by atoms with Gasteiger partial charge in [0.15, 0.2) is 6.61 Å². The van der Waals surface area contributed by atoms with Crippen molar-refractivity contribution in [3.63, 3.8) is 0 Å². The van der Waals surface area contributed by atoms with Crippen LogP contribution in [0.3, 0.4) is 0 Å². The van der Waals surface area contributed by atoms with Gasteiger partial charge in [0.05, 0.1) is 10.8 Å². The molecular weight excluding hydrogens is 428 g/mol. The normalized spacial score (nSPS) is 15.8. The quantitative estimate of drug-likeness (QED) is 0.458. The van der Waals surface area contributed by atoms with Gasteiger partial charge < -0.3 is 10.1 Å². The molecule has 1 aliphatic heterocycles. The van der Waals surface area contributed by atoms with E-state index in [0.717, 1.165) is 27.4 Å². The number of fused-ring (bicyclic) bond motifs is 1.